The van der Waals surface area contributed by atoms with Gasteiger partial charge >= 0.3 is 5.69 Å². The van der Waals surface area contributed by atoms with Gasteiger partial charge in [-0.3, -0.25) is 14.2 Å². The van der Waals surface area contributed by atoms with E-state index < -0.39 is 23.3 Å². The smallest absolute Gasteiger partial charge is 0.330 e. The zero-order valence-electron chi connectivity index (χ0n) is 25.5. The third-order valence-corrected chi connectivity index (χ3v) is 9.38. The maximum absolute atomic E-state index is 13.1. The summed E-state index contributed by atoms with van der Waals surface area (Å²) in [4.78, 5) is 42.6. The monoisotopic (exact) mass is 665 g/mol. The lowest BCUT2D eigenvalue weighted by Gasteiger charge is -2.29. The van der Waals surface area contributed by atoms with E-state index in [0.717, 1.165) is 33.1 Å². The number of ether oxygens (including phenoxy) is 2. The second-order valence-electron chi connectivity index (χ2n) is 11.5. The number of nitrogens with one attached hydrogen (secondary N) is 2. The van der Waals surface area contributed by atoms with Crippen LogP contribution in [0.25, 0.3) is 22.4 Å². The van der Waals surface area contributed by atoms with Crippen molar-refractivity contribution in [3.63, 3.8) is 0 Å². The van der Waals surface area contributed by atoms with E-state index in [9.17, 15) is 19.5 Å². The lowest BCUT2D eigenvalue weighted by atomic mass is 9.99. The van der Waals surface area contributed by atoms with Crippen molar-refractivity contribution >= 4 is 34.8 Å². The average molecular weight is 667 g/mol. The molecule has 0 spiro atoms. The molecule has 240 valence electrons. The Morgan fingerprint density at radius 2 is 1.72 bits per heavy atom. The molecule has 11 nitrogen and oxygen atoms in total. The van der Waals surface area contributed by atoms with Crippen molar-refractivity contribution in [2.75, 3.05) is 25.6 Å². The number of aliphatic hydroxyl groups excluding tert-OH is 1. The zero-order chi connectivity index (χ0) is 32.7. The summed E-state index contributed by atoms with van der Waals surface area (Å²) < 4.78 is 13.3. The van der Waals surface area contributed by atoms with Crippen molar-refractivity contribution in [2.45, 2.75) is 37.5 Å². The number of methoxy groups -OCH3 is 1. The highest BCUT2D eigenvalue weighted by Crippen LogP contribution is 2.44. The maximum Gasteiger partial charge on any atom is 0.330 e. The fraction of sp³-hybridized carbons (Fsp3) is 0.333. The first-order chi connectivity index (χ1) is 22.1. The number of anilines is 1. The second-order valence-corrected chi connectivity index (χ2v) is 12.2. The Morgan fingerprint density at radius 3 is 2.43 bits per heavy atom. The summed E-state index contributed by atoms with van der Waals surface area (Å²) in [5.41, 5.74) is 2.90. The molecule has 6 rings (SSSR count). The molecule has 4 aromatic rings. The van der Waals surface area contributed by atoms with E-state index >= 15 is 0 Å². The number of aryl methyl sites for hydroxylation is 1. The van der Waals surface area contributed by atoms with Gasteiger partial charge in [0.25, 0.3) is 11.5 Å². The van der Waals surface area contributed by atoms with Gasteiger partial charge in [0.15, 0.2) is 0 Å². The highest BCUT2D eigenvalue weighted by Gasteiger charge is 2.37. The molecule has 3 heterocycles. The largest absolute Gasteiger partial charge is 0.481 e. The molecule has 2 aromatic heterocycles. The topological polar surface area (TPSA) is 137 Å². The molecule has 0 bridgehead atoms. The van der Waals surface area contributed by atoms with E-state index in [1.165, 1.54) is 20.3 Å². The number of amides is 1. The molecule has 1 saturated heterocycles. The first-order valence-electron chi connectivity index (χ1n) is 14.8. The van der Waals surface area contributed by atoms with E-state index in [4.69, 9.17) is 37.7 Å². The molecule has 2 aliphatic rings. The first-order valence-corrected chi connectivity index (χ1v) is 15.6. The van der Waals surface area contributed by atoms with Gasteiger partial charge in [-0.2, -0.15) is 0 Å². The van der Waals surface area contributed by atoms with Crippen molar-refractivity contribution in [2.24, 2.45) is 14.1 Å². The van der Waals surface area contributed by atoms with Crippen LogP contribution < -0.4 is 26.6 Å². The normalized spacial score (nSPS) is 18.0. The summed E-state index contributed by atoms with van der Waals surface area (Å²) in [7, 11) is 4.32. The van der Waals surface area contributed by atoms with Gasteiger partial charge in [-0.25, -0.2) is 9.78 Å². The van der Waals surface area contributed by atoms with Crippen LogP contribution in [0.1, 0.15) is 40.4 Å². The van der Waals surface area contributed by atoms with Gasteiger partial charge < -0.3 is 29.8 Å². The SMILES string of the molecule is COc1nc(-c2cccc(-c3cccc(NC(=O)c4cn(C)c(=O)n(C)c4=O)c3Cl)c2Cl)cc2c1[C@@H](NC1CCOCC1)[C@@H](O)C2. The number of rotatable bonds is 7. The Hall–Kier alpha value is -4.00. The number of aromatic nitrogens is 3. The summed E-state index contributed by atoms with van der Waals surface area (Å²) in [6, 6.07) is 12.4. The Kier molecular flexibility index (Phi) is 9.04. The van der Waals surface area contributed by atoms with Crippen LogP contribution in [0.3, 0.4) is 0 Å². The number of hydrogen-bond acceptors (Lipinski definition) is 8. The van der Waals surface area contributed by atoms with Gasteiger partial charge in [0.05, 0.1) is 40.7 Å². The minimum Gasteiger partial charge on any atom is -0.481 e. The number of hydrogen-bond donors (Lipinski definition) is 3. The number of halogens is 2. The van der Waals surface area contributed by atoms with Crippen LogP contribution in [0.2, 0.25) is 10.0 Å². The number of pyridine rings is 1. The number of fused-ring (bicyclic) bond motifs is 1. The lowest BCUT2D eigenvalue weighted by Crippen LogP contribution is -2.40. The summed E-state index contributed by atoms with van der Waals surface area (Å²) >= 11 is 13.8. The predicted octanol–water partition coefficient (Wildman–Crippen LogP) is 4.11. The van der Waals surface area contributed by atoms with Crippen molar-refractivity contribution in [3.8, 4) is 28.3 Å². The summed E-state index contributed by atoms with van der Waals surface area (Å²) in [6.45, 7) is 1.37. The molecule has 1 aliphatic carbocycles. The van der Waals surface area contributed by atoms with Crippen LogP contribution in [0, 0.1) is 0 Å². The molecule has 0 saturated carbocycles. The van der Waals surface area contributed by atoms with Crippen LogP contribution in [0.4, 0.5) is 5.69 Å². The minimum atomic E-state index is -0.723. The molecule has 1 fully saturated rings. The quantitative estimate of drug-likeness (QED) is 0.268. The maximum atomic E-state index is 13.1. The molecule has 2 atom stereocenters. The molecule has 1 amide bonds. The van der Waals surface area contributed by atoms with E-state index in [-0.39, 0.29) is 28.4 Å². The molecule has 2 aromatic carbocycles. The van der Waals surface area contributed by atoms with Crippen LogP contribution in [-0.2, 0) is 25.3 Å². The van der Waals surface area contributed by atoms with E-state index in [1.54, 1.807) is 25.3 Å². The van der Waals surface area contributed by atoms with Crippen LogP contribution in [0.5, 0.6) is 5.88 Å². The molecule has 3 N–H and O–H groups in total. The Balaban J connectivity index is 1.33. The van der Waals surface area contributed by atoms with Crippen molar-refractivity contribution in [3.05, 3.63) is 96.2 Å². The molecule has 13 heteroatoms. The van der Waals surface area contributed by atoms with Gasteiger partial charge in [0.1, 0.15) is 5.56 Å². The minimum absolute atomic E-state index is 0.209. The fourth-order valence-corrected chi connectivity index (χ4v) is 6.75. The van der Waals surface area contributed by atoms with Crippen LogP contribution in [0.15, 0.2) is 58.3 Å². The average Bonchev–Trinajstić information content (AvgIpc) is 3.37. The Bertz CT molecular complexity index is 1950. The second kappa shape index (κ2) is 13.0. The molecule has 0 unspecified atom stereocenters. The summed E-state index contributed by atoms with van der Waals surface area (Å²) in [6.07, 6.45) is 2.73. The number of aliphatic hydroxyl groups is 1. The van der Waals surface area contributed by atoms with E-state index in [2.05, 4.69) is 10.6 Å². The van der Waals surface area contributed by atoms with Crippen LogP contribution in [-0.4, -0.2) is 57.6 Å². The van der Waals surface area contributed by atoms with Crippen molar-refractivity contribution in [1.29, 1.82) is 0 Å². The zero-order valence-corrected chi connectivity index (χ0v) is 27.0. The third kappa shape index (κ3) is 5.85. The number of nitrogens with zero attached hydrogens (tertiary/aromatic N) is 3. The number of carbonyl (C=O) groups excluding carboxylic acids is 1. The summed E-state index contributed by atoms with van der Waals surface area (Å²) in [5, 5.41) is 17.9. The molecule has 46 heavy (non-hydrogen) atoms. The molecular weight excluding hydrogens is 633 g/mol. The summed E-state index contributed by atoms with van der Waals surface area (Å²) in [5.74, 6) is -0.293. The van der Waals surface area contributed by atoms with Gasteiger partial charge in [-0.05, 0) is 30.5 Å². The van der Waals surface area contributed by atoms with Crippen LogP contribution >= 0.6 is 23.2 Å². The van der Waals surface area contributed by atoms with Crippen molar-refractivity contribution < 1.29 is 19.4 Å². The van der Waals surface area contributed by atoms with Gasteiger partial charge in [0.2, 0.25) is 5.88 Å². The van der Waals surface area contributed by atoms with Gasteiger partial charge in [-0.15, -0.1) is 0 Å². The first kappa shape index (κ1) is 32.0. The highest BCUT2D eigenvalue weighted by molar-refractivity contribution is 6.39. The van der Waals surface area contributed by atoms with E-state index in [1.807, 2.05) is 24.3 Å². The van der Waals surface area contributed by atoms with Gasteiger partial charge in [-0.1, -0.05) is 53.5 Å². The standard InChI is InChI=1S/C33H33Cl2N5O6/c1-39-16-22(32(43)40(2)33(39)44)30(42)37-23-9-5-7-20(28(23)35)19-6-4-8-21(27(19)34)24-14-17-15-25(41)29(26(17)31(38-24)45-3)36-18-10-12-46-13-11-18/h4-9,14,16,18,25,29,36,41H,10-13,15H2,1-3H3,(H,37,42)/t25-,29-/m0/s1. The highest BCUT2D eigenvalue weighted by atomic mass is 35.5. The van der Waals surface area contributed by atoms with E-state index in [0.29, 0.717) is 52.9 Å². The Labute approximate surface area is 274 Å². The van der Waals surface area contributed by atoms with Gasteiger partial charge in [0, 0.05) is 68.2 Å². The predicted molar refractivity (Wildman–Crippen MR) is 176 cm³/mol. The molecule has 0 radical (unpaired) electrons. The third-order valence-electron chi connectivity index (χ3n) is 8.57. The molecule has 1 aliphatic heterocycles. The number of benzene rings is 2. The molecular formula is C33H33Cl2N5O6. The number of carbonyl (C=O) groups is 1. The Morgan fingerprint density at radius 1 is 1.04 bits per heavy atom. The lowest BCUT2D eigenvalue weighted by molar-refractivity contribution is 0.0632. The van der Waals surface area contributed by atoms with Crippen molar-refractivity contribution in [1.82, 2.24) is 19.4 Å². The fourth-order valence-electron chi connectivity index (χ4n) is 6.15.